The molecule has 0 aromatic carbocycles. The lowest BCUT2D eigenvalue weighted by atomic mass is 9.84. The number of allylic oxidation sites excluding steroid dienone is 2. The molecule has 2 heterocycles. The van der Waals surface area contributed by atoms with E-state index in [0.717, 1.165) is 15.9 Å². The predicted molar refractivity (Wildman–Crippen MR) is 92.3 cm³/mol. The molecule has 0 saturated carbocycles. The van der Waals surface area contributed by atoms with Crippen LogP contribution in [-0.4, -0.2) is 32.6 Å². The molecule has 0 bridgehead atoms. The fourth-order valence-electron chi connectivity index (χ4n) is 2.64. The van der Waals surface area contributed by atoms with Crippen LogP contribution in [0.3, 0.4) is 0 Å². The Morgan fingerprint density at radius 1 is 1.35 bits per heavy atom. The molecule has 1 atom stereocenters. The van der Waals surface area contributed by atoms with Crippen LogP contribution in [-0.2, 0) is 4.79 Å². The van der Waals surface area contributed by atoms with E-state index < -0.39 is 0 Å². The maximum Gasteiger partial charge on any atom is 0.168 e. The number of nitrogens with zero attached hydrogens (tertiary/aromatic N) is 3. The third-order valence-electron chi connectivity index (χ3n) is 3.74. The molecule has 1 N–H and O–H groups in total. The van der Waals surface area contributed by atoms with Gasteiger partial charge in [0.25, 0.3) is 0 Å². The van der Waals surface area contributed by atoms with Gasteiger partial charge in [-0.1, -0.05) is 0 Å². The van der Waals surface area contributed by atoms with Gasteiger partial charge in [0.05, 0.1) is 16.8 Å². The van der Waals surface area contributed by atoms with Gasteiger partial charge in [-0.05, 0) is 32.2 Å². The Hall–Kier alpha value is -2.08. The summed E-state index contributed by atoms with van der Waals surface area (Å²) in [5, 5.41) is 13.2. The fraction of sp³-hybridized carbons (Fsp3) is 0.412. The van der Waals surface area contributed by atoms with E-state index in [1.54, 1.807) is 11.3 Å². The molecule has 3 rings (SSSR count). The van der Waals surface area contributed by atoms with Gasteiger partial charge in [-0.15, -0.1) is 11.3 Å². The van der Waals surface area contributed by atoms with Crippen molar-refractivity contribution in [2.45, 2.75) is 45.1 Å². The van der Waals surface area contributed by atoms with Crippen molar-refractivity contribution in [1.29, 1.82) is 0 Å². The van der Waals surface area contributed by atoms with Crippen LogP contribution in [0.15, 0.2) is 34.1 Å². The van der Waals surface area contributed by atoms with E-state index in [1.165, 1.54) is 12.5 Å². The molecular formula is C17H19N3O2S. The largest absolute Gasteiger partial charge is 0.511 e. The first-order valence-electron chi connectivity index (χ1n) is 7.54. The van der Waals surface area contributed by atoms with Crippen molar-refractivity contribution in [3.8, 4) is 0 Å². The molecule has 1 unspecified atom stereocenters. The van der Waals surface area contributed by atoms with Crippen LogP contribution in [0.1, 0.15) is 45.2 Å². The van der Waals surface area contributed by atoms with E-state index in [9.17, 15) is 9.90 Å². The van der Waals surface area contributed by atoms with Crippen LogP contribution < -0.4 is 0 Å². The van der Waals surface area contributed by atoms with Crippen molar-refractivity contribution in [2.75, 3.05) is 0 Å². The van der Waals surface area contributed by atoms with E-state index >= 15 is 0 Å². The van der Waals surface area contributed by atoms with E-state index in [4.69, 9.17) is 0 Å². The second-order valence-electron chi connectivity index (χ2n) is 6.72. The Morgan fingerprint density at radius 2 is 2.13 bits per heavy atom. The molecule has 2 aromatic rings. The summed E-state index contributed by atoms with van der Waals surface area (Å²) in [6.45, 7) is 5.85. The number of ketones is 1. The first kappa shape index (κ1) is 15.8. The minimum absolute atomic E-state index is 0.0891. The highest BCUT2D eigenvalue weighted by Gasteiger charge is 2.30. The minimum atomic E-state index is -0.278. The highest BCUT2D eigenvalue weighted by atomic mass is 32.1. The third kappa shape index (κ3) is 3.32. The summed E-state index contributed by atoms with van der Waals surface area (Å²) in [5.41, 5.74) is 0.884. The van der Waals surface area contributed by atoms with Crippen molar-refractivity contribution in [1.82, 2.24) is 9.97 Å². The lowest BCUT2D eigenvalue weighted by Crippen LogP contribution is -2.21. The summed E-state index contributed by atoms with van der Waals surface area (Å²) in [6.07, 6.45) is 3.76. The third-order valence-corrected chi connectivity index (χ3v) is 4.56. The average molecular weight is 329 g/mol. The molecule has 5 nitrogen and oxygen atoms in total. The standard InChI is InChI=1S/C17H19N3O2S/c1-17(2,3)20-8-12-13(21)6-10(7-14(12)22)15-11-4-5-23-16(11)19-9-18-15/h4-5,8-10,21H,6-7H2,1-3H3. The molecule has 1 aliphatic rings. The number of rotatable bonds is 2. The number of thiophene rings is 1. The van der Waals surface area contributed by atoms with Crippen LogP contribution in [0.5, 0.6) is 0 Å². The van der Waals surface area contributed by atoms with Gasteiger partial charge in [0, 0.05) is 30.4 Å². The number of hydrogen-bond acceptors (Lipinski definition) is 6. The number of fused-ring (bicyclic) bond motifs is 1. The highest BCUT2D eigenvalue weighted by molar-refractivity contribution is 7.16. The van der Waals surface area contributed by atoms with E-state index in [-0.39, 0.29) is 23.0 Å². The molecule has 0 spiro atoms. The van der Waals surface area contributed by atoms with Gasteiger partial charge < -0.3 is 5.11 Å². The number of hydrogen-bond donors (Lipinski definition) is 1. The van der Waals surface area contributed by atoms with Crippen molar-refractivity contribution < 1.29 is 9.90 Å². The zero-order valence-corrected chi connectivity index (χ0v) is 14.2. The van der Waals surface area contributed by atoms with Crippen LogP contribution in [0, 0.1) is 0 Å². The molecular weight excluding hydrogens is 310 g/mol. The molecule has 120 valence electrons. The Labute approximate surface area is 138 Å². The number of Topliss-reactive ketones (excluding diaryl/α,β-unsaturated/α-hetero) is 1. The average Bonchev–Trinajstić information content (AvgIpc) is 2.93. The maximum absolute atomic E-state index is 12.4. The second kappa shape index (κ2) is 5.85. The lowest BCUT2D eigenvalue weighted by Gasteiger charge is -2.22. The smallest absolute Gasteiger partial charge is 0.168 e. The Kier molecular flexibility index (Phi) is 4.02. The van der Waals surface area contributed by atoms with E-state index in [0.29, 0.717) is 18.4 Å². The fourth-order valence-corrected chi connectivity index (χ4v) is 3.38. The van der Waals surface area contributed by atoms with Crippen molar-refractivity contribution in [3.63, 3.8) is 0 Å². The summed E-state index contributed by atoms with van der Waals surface area (Å²) in [7, 11) is 0. The molecule has 0 saturated heterocycles. The van der Waals surface area contributed by atoms with Gasteiger partial charge in [0.1, 0.15) is 16.9 Å². The highest BCUT2D eigenvalue weighted by Crippen LogP contribution is 2.36. The quantitative estimate of drug-likeness (QED) is 0.850. The number of aliphatic hydroxyl groups is 1. The Balaban J connectivity index is 1.93. The number of carbonyl (C=O) groups is 1. The summed E-state index contributed by atoms with van der Waals surface area (Å²) in [5.74, 6) is -0.107. The predicted octanol–water partition coefficient (Wildman–Crippen LogP) is 3.82. The van der Waals surface area contributed by atoms with Gasteiger partial charge in [0.2, 0.25) is 0 Å². The first-order valence-corrected chi connectivity index (χ1v) is 8.42. The summed E-state index contributed by atoms with van der Waals surface area (Å²) in [4.78, 5) is 26.3. The number of aliphatic hydroxyl groups excluding tert-OH is 1. The van der Waals surface area contributed by atoms with Crippen LogP contribution >= 0.6 is 11.3 Å². The van der Waals surface area contributed by atoms with E-state index in [2.05, 4.69) is 15.0 Å². The van der Waals surface area contributed by atoms with Crippen LogP contribution in [0.2, 0.25) is 0 Å². The molecule has 0 radical (unpaired) electrons. The zero-order chi connectivity index (χ0) is 16.6. The molecule has 23 heavy (non-hydrogen) atoms. The molecule has 2 aromatic heterocycles. The van der Waals surface area contributed by atoms with Gasteiger partial charge in [-0.25, -0.2) is 9.97 Å². The van der Waals surface area contributed by atoms with Gasteiger partial charge in [-0.3, -0.25) is 9.79 Å². The van der Waals surface area contributed by atoms with Crippen molar-refractivity contribution in [2.24, 2.45) is 4.99 Å². The Bertz CT molecular complexity index is 815. The lowest BCUT2D eigenvalue weighted by molar-refractivity contribution is -0.116. The normalized spacial score (nSPS) is 20.0. The molecule has 0 aliphatic heterocycles. The van der Waals surface area contributed by atoms with Crippen molar-refractivity contribution >= 4 is 33.6 Å². The van der Waals surface area contributed by atoms with Gasteiger partial charge in [0.15, 0.2) is 5.78 Å². The zero-order valence-electron chi connectivity index (χ0n) is 13.4. The number of aromatic nitrogens is 2. The van der Waals surface area contributed by atoms with Crippen LogP contribution in [0.25, 0.3) is 10.2 Å². The Morgan fingerprint density at radius 3 is 2.83 bits per heavy atom. The maximum atomic E-state index is 12.4. The van der Waals surface area contributed by atoms with Crippen molar-refractivity contribution in [3.05, 3.63) is 34.8 Å². The minimum Gasteiger partial charge on any atom is -0.511 e. The summed E-state index contributed by atoms with van der Waals surface area (Å²) < 4.78 is 0. The first-order chi connectivity index (χ1) is 10.8. The topological polar surface area (TPSA) is 75.4 Å². The molecule has 1 aliphatic carbocycles. The monoisotopic (exact) mass is 329 g/mol. The van der Waals surface area contributed by atoms with Crippen LogP contribution in [0.4, 0.5) is 0 Å². The van der Waals surface area contributed by atoms with Gasteiger partial charge in [-0.2, -0.15) is 0 Å². The number of aliphatic imine (C=N–C) groups is 1. The molecule has 0 fully saturated rings. The molecule has 0 amide bonds. The molecule has 6 heteroatoms. The van der Waals surface area contributed by atoms with E-state index in [1.807, 2.05) is 32.2 Å². The second-order valence-corrected chi connectivity index (χ2v) is 7.61. The van der Waals surface area contributed by atoms with Gasteiger partial charge >= 0.3 is 0 Å². The SMILES string of the molecule is CC(C)(C)N=CC1=C(O)CC(c2ncnc3sccc23)CC1=O. The summed E-state index contributed by atoms with van der Waals surface area (Å²) in [6, 6.07) is 1.97. The summed E-state index contributed by atoms with van der Waals surface area (Å²) >= 11 is 1.55. The number of carbonyl (C=O) groups excluding carboxylic acids is 1.